The van der Waals surface area contributed by atoms with Crippen molar-refractivity contribution in [3.63, 3.8) is 0 Å². The number of hydrogen-bond donors (Lipinski definition) is 3. The monoisotopic (exact) mass is 302 g/mol. The van der Waals surface area contributed by atoms with Gasteiger partial charge in [0.05, 0.1) is 18.0 Å². The normalized spacial score (nSPS) is 53.2. The van der Waals surface area contributed by atoms with E-state index in [1.54, 1.807) is 0 Å². The molecule has 3 nitrogen and oxygen atoms in total. The fraction of sp³-hybridized carbons (Fsp3) is 0.684. The highest BCUT2D eigenvalue weighted by atomic mass is 16.3. The average Bonchev–Trinajstić information content (AvgIpc) is 2.77. The van der Waals surface area contributed by atoms with Crippen LogP contribution in [0.15, 0.2) is 35.6 Å². The maximum Gasteiger partial charge on any atom is 0.0944 e. The summed E-state index contributed by atoms with van der Waals surface area (Å²) >= 11 is 0. The molecule has 0 aliphatic heterocycles. The van der Waals surface area contributed by atoms with Gasteiger partial charge in [-0.25, -0.2) is 0 Å². The molecule has 120 valence electrons. The van der Waals surface area contributed by atoms with Crippen LogP contribution in [0.4, 0.5) is 0 Å². The molecule has 0 aromatic heterocycles. The molecule has 2 unspecified atom stereocenters. The van der Waals surface area contributed by atoms with Gasteiger partial charge in [0.1, 0.15) is 0 Å². The summed E-state index contributed by atoms with van der Waals surface area (Å²) in [6.07, 6.45) is 10.7. The van der Waals surface area contributed by atoms with Gasteiger partial charge in [-0.05, 0) is 49.5 Å². The van der Waals surface area contributed by atoms with Crippen molar-refractivity contribution in [3.8, 4) is 0 Å². The van der Waals surface area contributed by atoms with Crippen molar-refractivity contribution in [2.75, 3.05) is 0 Å². The Balaban J connectivity index is 1.77. The summed E-state index contributed by atoms with van der Waals surface area (Å²) in [5.41, 5.74) is 0.972. The van der Waals surface area contributed by atoms with Crippen LogP contribution in [0.3, 0.4) is 0 Å². The van der Waals surface area contributed by atoms with Crippen LogP contribution >= 0.6 is 0 Å². The van der Waals surface area contributed by atoms with E-state index in [2.05, 4.69) is 19.9 Å². The Bertz CT molecular complexity index is 589. The number of allylic oxidation sites excluding steroid dienone is 3. The molecule has 0 saturated heterocycles. The van der Waals surface area contributed by atoms with Crippen LogP contribution in [0.2, 0.25) is 0 Å². The van der Waals surface area contributed by atoms with E-state index in [-0.39, 0.29) is 16.7 Å². The lowest BCUT2D eigenvalue weighted by atomic mass is 9.48. The highest BCUT2D eigenvalue weighted by Gasteiger charge is 2.58. The highest BCUT2D eigenvalue weighted by Crippen LogP contribution is 2.63. The van der Waals surface area contributed by atoms with Crippen molar-refractivity contribution in [1.29, 1.82) is 0 Å². The number of hydrogen-bond acceptors (Lipinski definition) is 3. The van der Waals surface area contributed by atoms with E-state index in [1.165, 1.54) is 5.57 Å². The number of rotatable bonds is 0. The molecular formula is C19H26O3. The molecule has 3 N–H and O–H groups in total. The van der Waals surface area contributed by atoms with Crippen LogP contribution in [0.25, 0.3) is 0 Å². The highest BCUT2D eigenvalue weighted by molar-refractivity contribution is 5.35. The fourth-order valence-electron chi connectivity index (χ4n) is 5.78. The average molecular weight is 302 g/mol. The minimum absolute atomic E-state index is 0.0529. The number of aliphatic hydroxyl groups excluding tert-OH is 3. The summed E-state index contributed by atoms with van der Waals surface area (Å²) in [6.45, 7) is 4.41. The lowest BCUT2D eigenvalue weighted by Gasteiger charge is -2.56. The zero-order chi connectivity index (χ0) is 15.7. The molecule has 4 rings (SSSR count). The van der Waals surface area contributed by atoms with E-state index in [1.807, 2.05) is 18.2 Å². The van der Waals surface area contributed by atoms with Gasteiger partial charge in [-0.2, -0.15) is 0 Å². The van der Waals surface area contributed by atoms with Crippen LogP contribution in [-0.2, 0) is 0 Å². The molecule has 0 amide bonds. The molecule has 0 spiro atoms. The zero-order valence-corrected chi connectivity index (χ0v) is 13.4. The zero-order valence-electron chi connectivity index (χ0n) is 13.4. The second kappa shape index (κ2) is 4.48. The molecular weight excluding hydrogens is 276 g/mol. The summed E-state index contributed by atoms with van der Waals surface area (Å²) in [5, 5.41) is 31.0. The lowest BCUT2D eigenvalue weighted by molar-refractivity contribution is -0.0641. The molecule has 0 aromatic rings. The lowest BCUT2D eigenvalue weighted by Crippen LogP contribution is -2.53. The van der Waals surface area contributed by atoms with Crippen molar-refractivity contribution in [2.24, 2.45) is 28.6 Å². The predicted octanol–water partition coefficient (Wildman–Crippen LogP) is 3.11. The van der Waals surface area contributed by atoms with E-state index < -0.39 is 12.2 Å². The first kappa shape index (κ1) is 14.5. The van der Waals surface area contributed by atoms with Crippen molar-refractivity contribution < 1.29 is 15.3 Å². The molecule has 4 aliphatic carbocycles. The second-order valence-corrected chi connectivity index (χ2v) is 8.17. The molecule has 1 saturated carbocycles. The van der Waals surface area contributed by atoms with E-state index in [9.17, 15) is 15.3 Å². The van der Waals surface area contributed by atoms with Gasteiger partial charge < -0.3 is 15.3 Å². The van der Waals surface area contributed by atoms with Gasteiger partial charge in [-0.15, -0.1) is 0 Å². The van der Waals surface area contributed by atoms with Crippen LogP contribution in [-0.4, -0.2) is 27.5 Å². The van der Waals surface area contributed by atoms with Gasteiger partial charge in [0.2, 0.25) is 0 Å². The first-order valence-electron chi connectivity index (χ1n) is 8.52. The van der Waals surface area contributed by atoms with E-state index >= 15 is 0 Å². The second-order valence-electron chi connectivity index (χ2n) is 8.17. The molecule has 0 bridgehead atoms. The Morgan fingerprint density at radius 3 is 2.73 bits per heavy atom. The van der Waals surface area contributed by atoms with Crippen molar-refractivity contribution in [1.82, 2.24) is 0 Å². The molecule has 3 heteroatoms. The minimum Gasteiger partial charge on any atom is -0.512 e. The molecule has 1 fully saturated rings. The summed E-state index contributed by atoms with van der Waals surface area (Å²) in [5.74, 6) is 1.42. The maximum absolute atomic E-state index is 10.8. The summed E-state index contributed by atoms with van der Waals surface area (Å²) in [6, 6.07) is 0. The SMILES string of the molecule is C[C@]12C=CC(O)CC1=CC(O)[C@@H]1[C@H]2CC[C@]2(C)C(O)=CC[C@@H]12. The molecule has 22 heavy (non-hydrogen) atoms. The Morgan fingerprint density at radius 2 is 1.95 bits per heavy atom. The van der Waals surface area contributed by atoms with Crippen LogP contribution < -0.4 is 0 Å². The Morgan fingerprint density at radius 1 is 1.18 bits per heavy atom. The van der Waals surface area contributed by atoms with Gasteiger partial charge in [0, 0.05) is 10.8 Å². The summed E-state index contributed by atoms with van der Waals surface area (Å²) in [7, 11) is 0. The summed E-state index contributed by atoms with van der Waals surface area (Å²) < 4.78 is 0. The third-order valence-electron chi connectivity index (χ3n) is 7.19. The number of aliphatic hydroxyl groups is 3. The standard InChI is InChI=1S/C19H26O3/c1-18-7-5-12(20)9-11(18)10-15(21)17-13-3-4-16(22)19(13,2)8-6-14(17)18/h4-5,7,10,12-15,17,20-22H,3,6,8-9H2,1-2H3/t12?,13-,14+,15?,17-,18-,19-/m0/s1. The molecule has 4 aliphatic rings. The van der Waals surface area contributed by atoms with E-state index in [4.69, 9.17) is 0 Å². The first-order chi connectivity index (χ1) is 10.4. The topological polar surface area (TPSA) is 60.7 Å². The predicted molar refractivity (Wildman–Crippen MR) is 85.1 cm³/mol. The Labute approximate surface area is 132 Å². The Hall–Kier alpha value is -1.06. The van der Waals surface area contributed by atoms with Crippen LogP contribution in [0.1, 0.15) is 39.5 Å². The number of fused-ring (bicyclic) bond motifs is 5. The van der Waals surface area contributed by atoms with Crippen molar-refractivity contribution in [2.45, 2.75) is 51.7 Å². The molecule has 0 aromatic carbocycles. The van der Waals surface area contributed by atoms with Crippen LogP contribution in [0.5, 0.6) is 0 Å². The fourth-order valence-corrected chi connectivity index (χ4v) is 5.78. The summed E-state index contributed by atoms with van der Waals surface area (Å²) in [4.78, 5) is 0. The van der Waals surface area contributed by atoms with Crippen LogP contribution in [0, 0.1) is 28.6 Å². The van der Waals surface area contributed by atoms with Gasteiger partial charge in [0.25, 0.3) is 0 Å². The first-order valence-corrected chi connectivity index (χ1v) is 8.52. The van der Waals surface area contributed by atoms with Gasteiger partial charge >= 0.3 is 0 Å². The third-order valence-corrected chi connectivity index (χ3v) is 7.19. The van der Waals surface area contributed by atoms with Crippen molar-refractivity contribution >= 4 is 0 Å². The van der Waals surface area contributed by atoms with Gasteiger partial charge in [-0.3, -0.25) is 0 Å². The smallest absolute Gasteiger partial charge is 0.0944 e. The molecule has 0 radical (unpaired) electrons. The minimum atomic E-state index is -0.462. The Kier molecular flexibility index (Phi) is 2.96. The maximum atomic E-state index is 10.8. The van der Waals surface area contributed by atoms with Gasteiger partial charge in [0.15, 0.2) is 0 Å². The third kappa shape index (κ3) is 1.70. The largest absolute Gasteiger partial charge is 0.512 e. The van der Waals surface area contributed by atoms with E-state index in [0.717, 1.165) is 19.3 Å². The van der Waals surface area contributed by atoms with E-state index in [0.29, 0.717) is 24.0 Å². The molecule has 0 heterocycles. The molecule has 7 atom stereocenters. The van der Waals surface area contributed by atoms with Gasteiger partial charge in [-0.1, -0.05) is 37.6 Å². The van der Waals surface area contributed by atoms with Crippen molar-refractivity contribution in [3.05, 3.63) is 35.6 Å². The quantitative estimate of drug-likeness (QED) is 0.603.